The number of hydrogen-bond donors (Lipinski definition) is 3. The fraction of sp³-hybridized carbons (Fsp3) is 0.400. The first-order valence-corrected chi connectivity index (χ1v) is 10.7. The Morgan fingerprint density at radius 3 is 2.47 bits per heavy atom. The third-order valence-corrected chi connectivity index (χ3v) is 6.74. The second-order valence-corrected chi connectivity index (χ2v) is 9.43. The molecule has 1 aliphatic carbocycles. The van der Waals surface area contributed by atoms with Gasteiger partial charge in [-0.3, -0.25) is 4.79 Å². The molecule has 0 saturated carbocycles. The Balaban J connectivity index is 1.68. The van der Waals surface area contributed by atoms with Crippen LogP contribution >= 0.6 is 0 Å². The van der Waals surface area contributed by atoms with E-state index < -0.39 is 0 Å². The minimum atomic E-state index is -0.0429. The van der Waals surface area contributed by atoms with Crippen molar-refractivity contribution in [3.05, 3.63) is 77.0 Å². The molecule has 2 aromatic carbocycles. The van der Waals surface area contributed by atoms with E-state index in [0.717, 1.165) is 29.0 Å². The van der Waals surface area contributed by atoms with E-state index in [1.165, 1.54) is 5.56 Å². The van der Waals surface area contributed by atoms with E-state index in [0.29, 0.717) is 6.42 Å². The van der Waals surface area contributed by atoms with Crippen molar-refractivity contribution in [2.24, 2.45) is 11.3 Å². The van der Waals surface area contributed by atoms with E-state index in [-0.39, 0.29) is 35.2 Å². The molecule has 2 aliphatic heterocycles. The van der Waals surface area contributed by atoms with Gasteiger partial charge in [0.15, 0.2) is 5.78 Å². The van der Waals surface area contributed by atoms with Gasteiger partial charge >= 0.3 is 0 Å². The van der Waals surface area contributed by atoms with E-state index in [1.54, 1.807) is 7.11 Å². The fourth-order valence-corrected chi connectivity index (χ4v) is 5.54. The van der Waals surface area contributed by atoms with Crippen molar-refractivity contribution in [2.75, 3.05) is 7.11 Å². The summed E-state index contributed by atoms with van der Waals surface area (Å²) in [6.45, 7) is 4.35. The number of ether oxygens (including phenoxy) is 1. The molecule has 0 bridgehead atoms. The van der Waals surface area contributed by atoms with Gasteiger partial charge in [0.2, 0.25) is 0 Å². The molecule has 0 radical (unpaired) electrons. The van der Waals surface area contributed by atoms with Crippen LogP contribution in [0.25, 0.3) is 0 Å². The Bertz CT molecular complexity index is 998. The highest BCUT2D eigenvalue weighted by Crippen LogP contribution is 2.52. The van der Waals surface area contributed by atoms with Crippen molar-refractivity contribution in [1.29, 1.82) is 0 Å². The highest BCUT2D eigenvalue weighted by atomic mass is 16.5. The molecule has 0 spiro atoms. The van der Waals surface area contributed by atoms with Gasteiger partial charge in [0, 0.05) is 35.1 Å². The zero-order chi connectivity index (χ0) is 20.9. The molecule has 4 atom stereocenters. The average molecular weight is 404 g/mol. The molecule has 0 aromatic heterocycles. The monoisotopic (exact) mass is 403 g/mol. The molecule has 2 aromatic rings. The number of ketones is 1. The number of fused-ring (bicyclic) bond motifs is 1. The number of nitrogens with one attached hydrogen (secondary N) is 3. The Labute approximate surface area is 177 Å². The van der Waals surface area contributed by atoms with E-state index in [2.05, 4.69) is 60.3 Å². The second kappa shape index (κ2) is 7.25. The van der Waals surface area contributed by atoms with Crippen LogP contribution in [-0.2, 0) is 4.79 Å². The third kappa shape index (κ3) is 3.13. The Morgan fingerprint density at radius 2 is 1.70 bits per heavy atom. The molecule has 0 amide bonds. The number of benzene rings is 2. The van der Waals surface area contributed by atoms with Crippen molar-refractivity contribution >= 4 is 5.78 Å². The molecule has 1 saturated heterocycles. The molecule has 156 valence electrons. The van der Waals surface area contributed by atoms with E-state index in [1.807, 2.05) is 24.3 Å². The Morgan fingerprint density at radius 1 is 0.967 bits per heavy atom. The smallest absolute Gasteiger partial charge is 0.161 e. The Kier molecular flexibility index (Phi) is 4.68. The van der Waals surface area contributed by atoms with Crippen LogP contribution in [0.2, 0.25) is 0 Å². The van der Waals surface area contributed by atoms with Crippen molar-refractivity contribution in [3.63, 3.8) is 0 Å². The summed E-state index contributed by atoms with van der Waals surface area (Å²) in [7, 11) is 1.71. The number of carbonyl (C=O) groups excluding carboxylic acids is 1. The maximum atomic E-state index is 13.5. The van der Waals surface area contributed by atoms with Crippen molar-refractivity contribution in [3.8, 4) is 5.75 Å². The summed E-state index contributed by atoms with van der Waals surface area (Å²) in [5, 5.41) is 3.68. The van der Waals surface area contributed by atoms with Crippen molar-refractivity contribution in [2.45, 2.75) is 44.8 Å². The van der Waals surface area contributed by atoms with Crippen LogP contribution in [0.15, 0.2) is 65.9 Å². The molecular formula is C25H29N3O2. The molecular weight excluding hydrogens is 374 g/mol. The molecule has 5 heteroatoms. The highest BCUT2D eigenvalue weighted by molar-refractivity contribution is 5.99. The number of carbonyl (C=O) groups is 1. The molecule has 30 heavy (non-hydrogen) atoms. The summed E-state index contributed by atoms with van der Waals surface area (Å²) >= 11 is 0. The fourth-order valence-electron chi connectivity index (χ4n) is 5.54. The zero-order valence-corrected chi connectivity index (χ0v) is 17.7. The minimum absolute atomic E-state index is 0.0329. The number of rotatable bonds is 3. The lowest BCUT2D eigenvalue weighted by Gasteiger charge is -2.44. The summed E-state index contributed by atoms with van der Waals surface area (Å²) in [6, 6.07) is 18.7. The lowest BCUT2D eigenvalue weighted by Crippen LogP contribution is -2.51. The maximum absolute atomic E-state index is 13.5. The van der Waals surface area contributed by atoms with Crippen LogP contribution in [0.3, 0.4) is 0 Å². The number of allylic oxidation sites excluding steroid dienone is 2. The number of methoxy groups -OCH3 is 1. The molecule has 3 N–H and O–H groups in total. The standard InChI is InChI=1S/C25H29N3O2/c1-25(2)13-17-21(18(29)14-25)20(16-11-7-8-12-19(16)30-3)22-23(27-28-24(22)26-17)15-9-5-4-6-10-15/h4-12,20,22-24,26-28H,13-14H2,1-3H3. The lowest BCUT2D eigenvalue weighted by molar-refractivity contribution is -0.118. The summed E-state index contributed by atoms with van der Waals surface area (Å²) in [6.07, 6.45) is 1.49. The summed E-state index contributed by atoms with van der Waals surface area (Å²) < 4.78 is 5.75. The van der Waals surface area contributed by atoms with Gasteiger partial charge in [-0.2, -0.15) is 0 Å². The third-order valence-electron chi connectivity index (χ3n) is 6.74. The zero-order valence-electron chi connectivity index (χ0n) is 17.7. The van der Waals surface area contributed by atoms with Gasteiger partial charge in [-0.05, 0) is 23.5 Å². The van der Waals surface area contributed by atoms with Gasteiger partial charge in [-0.25, -0.2) is 10.9 Å². The second-order valence-electron chi connectivity index (χ2n) is 9.43. The van der Waals surface area contributed by atoms with Gasteiger partial charge in [-0.1, -0.05) is 62.4 Å². The SMILES string of the molecule is COc1ccccc1C1C2=C(CC(C)(C)CC2=O)NC2NNC(c3ccccc3)C21. The molecule has 2 heterocycles. The van der Waals surface area contributed by atoms with Crippen LogP contribution in [0, 0.1) is 11.3 Å². The first-order chi connectivity index (χ1) is 14.5. The van der Waals surface area contributed by atoms with Crippen LogP contribution in [0.4, 0.5) is 0 Å². The lowest BCUT2D eigenvalue weighted by atomic mass is 9.65. The summed E-state index contributed by atoms with van der Waals surface area (Å²) in [5.74, 6) is 1.18. The van der Waals surface area contributed by atoms with Crippen LogP contribution in [0.1, 0.15) is 49.8 Å². The van der Waals surface area contributed by atoms with Crippen LogP contribution in [0.5, 0.6) is 5.75 Å². The molecule has 5 rings (SSSR count). The maximum Gasteiger partial charge on any atom is 0.161 e. The molecule has 4 unspecified atom stereocenters. The van der Waals surface area contributed by atoms with Gasteiger partial charge in [-0.15, -0.1) is 0 Å². The average Bonchev–Trinajstić information content (AvgIpc) is 3.15. The first kappa shape index (κ1) is 19.3. The van der Waals surface area contributed by atoms with E-state index in [4.69, 9.17) is 4.74 Å². The quantitative estimate of drug-likeness (QED) is 0.727. The number of hydrogen-bond acceptors (Lipinski definition) is 5. The molecule has 5 nitrogen and oxygen atoms in total. The first-order valence-electron chi connectivity index (χ1n) is 10.7. The topological polar surface area (TPSA) is 62.4 Å². The van der Waals surface area contributed by atoms with Crippen LogP contribution in [-0.4, -0.2) is 19.1 Å². The van der Waals surface area contributed by atoms with E-state index in [9.17, 15) is 4.79 Å². The summed E-state index contributed by atoms with van der Waals surface area (Å²) in [4.78, 5) is 13.5. The minimum Gasteiger partial charge on any atom is -0.496 e. The normalized spacial score (nSPS) is 29.8. The number of hydrazine groups is 1. The van der Waals surface area contributed by atoms with Gasteiger partial charge in [0.1, 0.15) is 5.75 Å². The van der Waals surface area contributed by atoms with Gasteiger partial charge in [0.05, 0.1) is 19.3 Å². The van der Waals surface area contributed by atoms with Gasteiger partial charge in [0.25, 0.3) is 0 Å². The summed E-state index contributed by atoms with van der Waals surface area (Å²) in [5.41, 5.74) is 11.3. The van der Waals surface area contributed by atoms with E-state index >= 15 is 0 Å². The molecule has 1 fully saturated rings. The van der Waals surface area contributed by atoms with Crippen LogP contribution < -0.4 is 20.9 Å². The predicted octanol–water partition coefficient (Wildman–Crippen LogP) is 3.82. The Hall–Kier alpha value is -2.63. The number of para-hydroxylation sites is 1. The van der Waals surface area contributed by atoms with Gasteiger partial charge < -0.3 is 10.1 Å². The van der Waals surface area contributed by atoms with Crippen molar-refractivity contribution in [1.82, 2.24) is 16.2 Å². The largest absolute Gasteiger partial charge is 0.496 e. The number of Topliss-reactive ketones (excluding diaryl/α,β-unsaturated/α-hetero) is 1. The van der Waals surface area contributed by atoms with Crippen molar-refractivity contribution < 1.29 is 9.53 Å². The highest BCUT2D eigenvalue weighted by Gasteiger charge is 2.51. The molecule has 3 aliphatic rings. The predicted molar refractivity (Wildman–Crippen MR) is 117 cm³/mol.